The second-order valence-electron chi connectivity index (χ2n) is 7.01. The lowest BCUT2D eigenvalue weighted by Crippen LogP contribution is -2.43. The van der Waals surface area contributed by atoms with E-state index in [-0.39, 0.29) is 0 Å². The molecule has 0 N–H and O–H groups in total. The van der Waals surface area contributed by atoms with Crippen molar-refractivity contribution >= 4 is 8.56 Å². The highest BCUT2D eigenvalue weighted by Gasteiger charge is 2.35. The summed E-state index contributed by atoms with van der Waals surface area (Å²) in [5.74, 6) is 0. The summed E-state index contributed by atoms with van der Waals surface area (Å²) in [5, 5.41) is 0. The van der Waals surface area contributed by atoms with Crippen LogP contribution in [-0.4, -0.2) is 21.3 Å². The summed E-state index contributed by atoms with van der Waals surface area (Å²) in [4.78, 5) is 0. The third-order valence-electron chi connectivity index (χ3n) is 4.80. The molecule has 0 radical (unpaired) electrons. The first-order chi connectivity index (χ1) is 11.1. The van der Waals surface area contributed by atoms with Gasteiger partial charge in [-0.2, -0.15) is 0 Å². The molecule has 0 aromatic carbocycles. The fourth-order valence-corrected chi connectivity index (χ4v) is 5.83. The summed E-state index contributed by atoms with van der Waals surface area (Å²) in [7, 11) is -1.93. The van der Waals surface area contributed by atoms with E-state index in [1.165, 1.54) is 64.2 Å². The Morgan fingerprint density at radius 2 is 1.22 bits per heavy atom. The van der Waals surface area contributed by atoms with Crippen molar-refractivity contribution in [3.05, 3.63) is 0 Å². The molecule has 0 saturated heterocycles. The Labute approximate surface area is 148 Å². The molecule has 0 spiro atoms. The lowest BCUT2D eigenvalue weighted by atomic mass is 10.1. The zero-order valence-electron chi connectivity index (χ0n) is 16.8. The van der Waals surface area contributed by atoms with Gasteiger partial charge in [-0.1, -0.05) is 85.5 Å². The summed E-state index contributed by atoms with van der Waals surface area (Å²) in [6, 6.07) is 2.16. The van der Waals surface area contributed by atoms with Crippen LogP contribution in [0.3, 0.4) is 0 Å². The van der Waals surface area contributed by atoms with Gasteiger partial charge in [0.05, 0.1) is 0 Å². The molecular weight excluding hydrogens is 300 g/mol. The molecule has 0 bridgehead atoms. The molecule has 0 aromatic rings. The van der Waals surface area contributed by atoms with Crippen molar-refractivity contribution in [3.8, 4) is 0 Å². The lowest BCUT2D eigenvalue weighted by Gasteiger charge is -2.32. The molecule has 0 aliphatic rings. The van der Waals surface area contributed by atoms with Crippen LogP contribution >= 0.6 is 0 Å². The van der Waals surface area contributed by atoms with Crippen molar-refractivity contribution in [2.45, 2.75) is 123 Å². The monoisotopic (exact) mass is 344 g/mol. The summed E-state index contributed by atoms with van der Waals surface area (Å²) in [6.45, 7) is 12.1. The SMILES string of the molecule is CCCCCCCCCCCO[Si](CC)(CC)OC(C)CCC. The van der Waals surface area contributed by atoms with Gasteiger partial charge in [0, 0.05) is 12.7 Å². The zero-order chi connectivity index (χ0) is 17.4. The average molecular weight is 345 g/mol. The summed E-state index contributed by atoms with van der Waals surface area (Å²) < 4.78 is 12.7. The van der Waals surface area contributed by atoms with Crippen LogP contribution in [0.1, 0.15) is 105 Å². The molecule has 1 atom stereocenters. The topological polar surface area (TPSA) is 18.5 Å². The molecule has 1 unspecified atom stereocenters. The van der Waals surface area contributed by atoms with Gasteiger partial charge in [-0.15, -0.1) is 0 Å². The molecule has 0 rings (SSSR count). The molecule has 3 heteroatoms. The Kier molecular flexibility index (Phi) is 15.7. The first-order valence-electron chi connectivity index (χ1n) is 10.5. The molecule has 0 saturated carbocycles. The highest BCUT2D eigenvalue weighted by Crippen LogP contribution is 2.22. The van der Waals surface area contributed by atoms with E-state index < -0.39 is 8.56 Å². The standard InChI is InChI=1S/C20H44O2Si/c1-6-10-11-12-13-14-15-16-17-19-21-23(8-3,9-4)22-20(5)18-7-2/h20H,6-19H2,1-5H3. The van der Waals surface area contributed by atoms with E-state index in [0.29, 0.717) is 6.10 Å². The van der Waals surface area contributed by atoms with E-state index in [4.69, 9.17) is 8.85 Å². The predicted molar refractivity (Wildman–Crippen MR) is 105 cm³/mol. The quantitative estimate of drug-likeness (QED) is 0.205. The van der Waals surface area contributed by atoms with Gasteiger partial charge in [0.1, 0.15) is 0 Å². The van der Waals surface area contributed by atoms with Gasteiger partial charge in [0.2, 0.25) is 0 Å². The molecule has 2 nitrogen and oxygen atoms in total. The number of hydrogen-bond donors (Lipinski definition) is 0. The van der Waals surface area contributed by atoms with E-state index in [1.54, 1.807) is 0 Å². The molecule has 140 valence electrons. The zero-order valence-corrected chi connectivity index (χ0v) is 17.8. The highest BCUT2D eigenvalue weighted by molar-refractivity contribution is 6.67. The number of rotatable bonds is 17. The van der Waals surface area contributed by atoms with Gasteiger partial charge in [-0.05, 0) is 31.9 Å². The van der Waals surface area contributed by atoms with Gasteiger partial charge < -0.3 is 8.85 Å². The van der Waals surface area contributed by atoms with Crippen LogP contribution in [0.2, 0.25) is 12.1 Å². The van der Waals surface area contributed by atoms with Crippen LogP contribution in [0.5, 0.6) is 0 Å². The Morgan fingerprint density at radius 3 is 1.70 bits per heavy atom. The van der Waals surface area contributed by atoms with Crippen molar-refractivity contribution in [2.24, 2.45) is 0 Å². The maximum atomic E-state index is 6.38. The Bertz CT molecular complexity index is 242. The van der Waals surface area contributed by atoms with Gasteiger partial charge in [0.15, 0.2) is 0 Å². The van der Waals surface area contributed by atoms with Crippen LogP contribution in [0, 0.1) is 0 Å². The number of unbranched alkanes of at least 4 members (excludes halogenated alkanes) is 8. The van der Waals surface area contributed by atoms with Gasteiger partial charge >= 0.3 is 8.56 Å². The maximum absolute atomic E-state index is 6.38. The minimum Gasteiger partial charge on any atom is -0.394 e. The van der Waals surface area contributed by atoms with Crippen molar-refractivity contribution in [1.82, 2.24) is 0 Å². The van der Waals surface area contributed by atoms with E-state index >= 15 is 0 Å². The molecule has 0 fully saturated rings. The van der Waals surface area contributed by atoms with Gasteiger partial charge in [-0.25, -0.2) is 0 Å². The van der Waals surface area contributed by atoms with Crippen molar-refractivity contribution in [3.63, 3.8) is 0 Å². The van der Waals surface area contributed by atoms with E-state index in [2.05, 4.69) is 34.6 Å². The fraction of sp³-hybridized carbons (Fsp3) is 1.00. The van der Waals surface area contributed by atoms with E-state index in [0.717, 1.165) is 25.1 Å². The number of hydrogen-bond acceptors (Lipinski definition) is 2. The largest absolute Gasteiger partial charge is 0.394 e. The summed E-state index contributed by atoms with van der Waals surface area (Å²) >= 11 is 0. The first-order valence-corrected chi connectivity index (χ1v) is 12.7. The van der Waals surface area contributed by atoms with E-state index in [9.17, 15) is 0 Å². The lowest BCUT2D eigenvalue weighted by molar-refractivity contribution is 0.115. The molecule has 0 heterocycles. The van der Waals surface area contributed by atoms with Crippen LogP contribution < -0.4 is 0 Å². The Balaban J connectivity index is 3.75. The second kappa shape index (κ2) is 15.7. The minimum absolute atomic E-state index is 0.356. The van der Waals surface area contributed by atoms with Crippen molar-refractivity contribution in [2.75, 3.05) is 6.61 Å². The Hall–Kier alpha value is 0.137. The molecule has 23 heavy (non-hydrogen) atoms. The normalized spacial score (nSPS) is 13.4. The van der Waals surface area contributed by atoms with Gasteiger partial charge in [-0.3, -0.25) is 0 Å². The van der Waals surface area contributed by atoms with Crippen LogP contribution in [0.4, 0.5) is 0 Å². The molecular formula is C20H44O2Si. The maximum Gasteiger partial charge on any atom is 0.337 e. The van der Waals surface area contributed by atoms with E-state index in [1.807, 2.05) is 0 Å². The average Bonchev–Trinajstić information content (AvgIpc) is 2.55. The predicted octanol–water partition coefficient (Wildman–Crippen LogP) is 7.22. The Morgan fingerprint density at radius 1 is 0.696 bits per heavy atom. The van der Waals surface area contributed by atoms with Crippen LogP contribution in [0.25, 0.3) is 0 Å². The smallest absolute Gasteiger partial charge is 0.337 e. The van der Waals surface area contributed by atoms with Crippen LogP contribution in [-0.2, 0) is 8.85 Å². The van der Waals surface area contributed by atoms with Crippen molar-refractivity contribution < 1.29 is 8.85 Å². The van der Waals surface area contributed by atoms with Gasteiger partial charge in [0.25, 0.3) is 0 Å². The fourth-order valence-electron chi connectivity index (χ4n) is 3.16. The van der Waals surface area contributed by atoms with Crippen LogP contribution in [0.15, 0.2) is 0 Å². The molecule has 0 amide bonds. The molecule has 0 aliphatic carbocycles. The highest BCUT2D eigenvalue weighted by atomic mass is 28.4. The molecule has 0 aromatic heterocycles. The first kappa shape index (κ1) is 23.1. The summed E-state index contributed by atoms with van der Waals surface area (Å²) in [6.07, 6.45) is 15.0. The second-order valence-corrected chi connectivity index (χ2v) is 10.8. The minimum atomic E-state index is -1.93. The third kappa shape index (κ3) is 12.2. The summed E-state index contributed by atoms with van der Waals surface area (Å²) in [5.41, 5.74) is 0. The van der Waals surface area contributed by atoms with Crippen molar-refractivity contribution in [1.29, 1.82) is 0 Å². The molecule has 0 aliphatic heterocycles. The third-order valence-corrected chi connectivity index (χ3v) is 8.52.